The fraction of sp³-hybridized carbons (Fsp3) is 0.348. The molecule has 0 fully saturated rings. The number of aliphatic carboxylic acids is 1. The molecule has 0 spiro atoms. The molecule has 0 bridgehead atoms. The number of carboxylic acid groups (broad SMARTS) is 1. The molecule has 2 atom stereocenters. The van der Waals surface area contributed by atoms with Crippen LogP contribution in [-0.2, 0) is 25.5 Å². The molecule has 0 aromatic heterocycles. The van der Waals surface area contributed by atoms with Crippen molar-refractivity contribution in [3.05, 3.63) is 59.1 Å². The number of carbonyl (C=O) groups excluding carboxylic acids is 2. The summed E-state index contributed by atoms with van der Waals surface area (Å²) in [6.45, 7) is 3.77. The Labute approximate surface area is 186 Å². The van der Waals surface area contributed by atoms with E-state index in [-0.39, 0.29) is 25.4 Å². The lowest BCUT2D eigenvalue weighted by atomic mass is 9.98. The summed E-state index contributed by atoms with van der Waals surface area (Å²) in [5.74, 6) is -3.35. The molecule has 0 aliphatic carbocycles. The third-order valence-electron chi connectivity index (χ3n) is 4.46. The van der Waals surface area contributed by atoms with Gasteiger partial charge in [0.05, 0.1) is 6.61 Å². The average molecular weight is 448 g/mol. The molecule has 166 valence electrons. The Kier molecular flexibility index (Phi) is 9.03. The fourth-order valence-electron chi connectivity index (χ4n) is 2.90. The van der Waals surface area contributed by atoms with Gasteiger partial charge < -0.3 is 20.3 Å². The minimum atomic E-state index is -1.68. The monoisotopic (exact) mass is 447 g/mol. The van der Waals surface area contributed by atoms with Crippen molar-refractivity contribution in [3.8, 4) is 11.1 Å². The zero-order chi connectivity index (χ0) is 23.0. The van der Waals surface area contributed by atoms with Crippen LogP contribution in [0.25, 0.3) is 11.1 Å². The molecular weight excluding hydrogens is 422 g/mol. The zero-order valence-electron chi connectivity index (χ0n) is 17.4. The summed E-state index contributed by atoms with van der Waals surface area (Å²) in [6, 6.07) is 14.0. The first-order valence-electron chi connectivity index (χ1n) is 9.89. The van der Waals surface area contributed by atoms with Crippen molar-refractivity contribution in [1.82, 2.24) is 5.32 Å². The van der Waals surface area contributed by atoms with Crippen LogP contribution in [0.3, 0.4) is 0 Å². The van der Waals surface area contributed by atoms with Crippen molar-refractivity contribution >= 4 is 29.4 Å². The van der Waals surface area contributed by atoms with Gasteiger partial charge in [0.25, 0.3) is 0 Å². The second kappa shape index (κ2) is 11.5. The first-order valence-corrected chi connectivity index (χ1v) is 10.3. The van der Waals surface area contributed by atoms with Crippen LogP contribution in [0.5, 0.6) is 0 Å². The van der Waals surface area contributed by atoms with E-state index < -0.39 is 30.0 Å². The van der Waals surface area contributed by atoms with Crippen molar-refractivity contribution in [2.75, 3.05) is 6.61 Å². The molecule has 31 heavy (non-hydrogen) atoms. The maximum Gasteiger partial charge on any atom is 0.396 e. The molecule has 0 radical (unpaired) electrons. The number of hydrogen-bond donors (Lipinski definition) is 3. The minimum absolute atomic E-state index is 0.0689. The molecule has 8 heteroatoms. The van der Waals surface area contributed by atoms with Gasteiger partial charge in [-0.15, -0.1) is 0 Å². The maximum atomic E-state index is 12.2. The Balaban J connectivity index is 2.10. The molecule has 3 N–H and O–H groups in total. The molecule has 1 amide bonds. The molecule has 0 saturated carbocycles. The first-order chi connectivity index (χ1) is 14.7. The molecule has 2 aromatic rings. The molecular formula is C23H26ClNO6. The lowest BCUT2D eigenvalue weighted by Crippen LogP contribution is -2.44. The molecule has 2 rings (SSSR count). The van der Waals surface area contributed by atoms with Crippen LogP contribution in [0, 0.1) is 5.92 Å². The zero-order valence-corrected chi connectivity index (χ0v) is 18.1. The van der Waals surface area contributed by atoms with Gasteiger partial charge in [0.2, 0.25) is 0 Å². The van der Waals surface area contributed by atoms with Crippen LogP contribution in [-0.4, -0.2) is 46.8 Å². The summed E-state index contributed by atoms with van der Waals surface area (Å²) in [7, 11) is 0. The lowest BCUT2D eigenvalue weighted by molar-refractivity contribution is -0.156. The molecule has 7 nitrogen and oxygen atoms in total. The Bertz CT molecular complexity index is 913. The number of aliphatic hydroxyl groups is 1. The van der Waals surface area contributed by atoms with E-state index in [0.717, 1.165) is 16.7 Å². The summed E-state index contributed by atoms with van der Waals surface area (Å²) < 4.78 is 4.90. The number of ether oxygens (including phenoxy) is 1. The number of esters is 1. The van der Waals surface area contributed by atoms with Crippen LogP contribution < -0.4 is 5.32 Å². The summed E-state index contributed by atoms with van der Waals surface area (Å²) in [6.07, 6.45) is -1.71. The van der Waals surface area contributed by atoms with E-state index in [1.807, 2.05) is 56.3 Å². The highest BCUT2D eigenvalue weighted by Crippen LogP contribution is 2.23. The van der Waals surface area contributed by atoms with Gasteiger partial charge in [0.15, 0.2) is 6.10 Å². The summed E-state index contributed by atoms with van der Waals surface area (Å²) >= 11 is 6.03. The minimum Gasteiger partial charge on any atom is -0.479 e. The number of aliphatic hydroxyl groups excluding tert-OH is 1. The van der Waals surface area contributed by atoms with Gasteiger partial charge >= 0.3 is 17.8 Å². The van der Waals surface area contributed by atoms with Crippen LogP contribution >= 0.6 is 11.6 Å². The van der Waals surface area contributed by atoms with Crippen LogP contribution in [0.1, 0.15) is 25.8 Å². The van der Waals surface area contributed by atoms with Crippen molar-refractivity contribution < 1.29 is 29.3 Å². The molecule has 0 aliphatic rings. The Morgan fingerprint density at radius 3 is 2.32 bits per heavy atom. The van der Waals surface area contributed by atoms with E-state index in [1.165, 1.54) is 0 Å². The maximum absolute atomic E-state index is 12.2. The van der Waals surface area contributed by atoms with E-state index in [4.69, 9.17) is 21.4 Å². The highest BCUT2D eigenvalue weighted by Gasteiger charge is 2.25. The van der Waals surface area contributed by atoms with Crippen LogP contribution in [0.15, 0.2) is 48.5 Å². The molecule has 0 heterocycles. The van der Waals surface area contributed by atoms with Crippen LogP contribution in [0.2, 0.25) is 5.02 Å². The third kappa shape index (κ3) is 8.03. The van der Waals surface area contributed by atoms with Gasteiger partial charge in [0, 0.05) is 17.5 Å². The standard InChI is InChI=1S/C23H26ClNO6/c1-14(2)13-31-23(30)21(27)25-19(12-20(26)22(28)29)10-15-6-8-16(9-7-15)17-4-3-5-18(24)11-17/h3-9,11,14,19-20,26H,10,12-13H2,1-2H3,(H,25,27)(H,28,29). The van der Waals surface area contributed by atoms with E-state index in [0.29, 0.717) is 5.02 Å². The Morgan fingerprint density at radius 1 is 1.06 bits per heavy atom. The smallest absolute Gasteiger partial charge is 0.396 e. The number of carboxylic acids is 1. The second-order valence-electron chi connectivity index (χ2n) is 7.66. The van der Waals surface area contributed by atoms with E-state index in [9.17, 15) is 19.5 Å². The van der Waals surface area contributed by atoms with Gasteiger partial charge in [-0.3, -0.25) is 4.79 Å². The highest BCUT2D eigenvalue weighted by atomic mass is 35.5. The van der Waals surface area contributed by atoms with E-state index in [2.05, 4.69) is 5.32 Å². The molecule has 2 unspecified atom stereocenters. The quantitative estimate of drug-likeness (QED) is 0.402. The highest BCUT2D eigenvalue weighted by molar-refractivity contribution is 6.32. The van der Waals surface area contributed by atoms with Gasteiger partial charge in [-0.2, -0.15) is 0 Å². The van der Waals surface area contributed by atoms with Gasteiger partial charge in [0.1, 0.15) is 0 Å². The number of rotatable bonds is 9. The number of halogens is 1. The Hall–Kier alpha value is -2.90. The van der Waals surface area contributed by atoms with Gasteiger partial charge in [-0.05, 0) is 41.2 Å². The number of benzene rings is 2. The van der Waals surface area contributed by atoms with Gasteiger partial charge in [-0.1, -0.05) is 61.8 Å². The summed E-state index contributed by atoms with van der Waals surface area (Å²) in [4.78, 5) is 35.1. The fourth-order valence-corrected chi connectivity index (χ4v) is 3.09. The summed E-state index contributed by atoms with van der Waals surface area (Å²) in [5, 5.41) is 21.8. The van der Waals surface area contributed by atoms with E-state index >= 15 is 0 Å². The number of amides is 1. The normalized spacial score (nSPS) is 12.8. The van der Waals surface area contributed by atoms with Crippen molar-refractivity contribution in [3.63, 3.8) is 0 Å². The molecule has 0 saturated heterocycles. The van der Waals surface area contributed by atoms with Crippen molar-refractivity contribution in [2.24, 2.45) is 5.92 Å². The summed E-state index contributed by atoms with van der Waals surface area (Å²) in [5.41, 5.74) is 2.68. The first kappa shape index (κ1) is 24.4. The third-order valence-corrected chi connectivity index (χ3v) is 4.69. The predicted molar refractivity (Wildman–Crippen MR) is 117 cm³/mol. The number of hydrogen-bond acceptors (Lipinski definition) is 5. The molecule has 2 aromatic carbocycles. The Morgan fingerprint density at radius 2 is 1.74 bits per heavy atom. The van der Waals surface area contributed by atoms with Crippen LogP contribution in [0.4, 0.5) is 0 Å². The molecule has 0 aliphatic heterocycles. The largest absolute Gasteiger partial charge is 0.479 e. The number of carbonyl (C=O) groups is 3. The van der Waals surface area contributed by atoms with E-state index in [1.54, 1.807) is 6.07 Å². The SMILES string of the molecule is CC(C)COC(=O)C(=O)NC(Cc1ccc(-c2cccc(Cl)c2)cc1)CC(O)C(=O)O. The average Bonchev–Trinajstić information content (AvgIpc) is 2.72. The topological polar surface area (TPSA) is 113 Å². The lowest BCUT2D eigenvalue weighted by Gasteiger charge is -2.20. The van der Waals surface area contributed by atoms with Crippen molar-refractivity contribution in [1.29, 1.82) is 0 Å². The number of nitrogens with one attached hydrogen (secondary N) is 1. The van der Waals surface area contributed by atoms with Gasteiger partial charge in [-0.25, -0.2) is 9.59 Å². The van der Waals surface area contributed by atoms with Crippen molar-refractivity contribution in [2.45, 2.75) is 38.8 Å². The second-order valence-corrected chi connectivity index (χ2v) is 8.10. The predicted octanol–water partition coefficient (Wildman–Crippen LogP) is 3.07.